The quantitative estimate of drug-likeness (QED) is 0.862. The molecule has 1 amide bonds. The Bertz CT molecular complexity index is 447. The van der Waals surface area contributed by atoms with Gasteiger partial charge in [0.25, 0.3) is 0 Å². The summed E-state index contributed by atoms with van der Waals surface area (Å²) in [7, 11) is 1.51. The molecule has 1 aromatic carbocycles. The van der Waals surface area contributed by atoms with E-state index < -0.39 is 17.8 Å². The Morgan fingerprint density at radius 1 is 1.53 bits per heavy atom. The van der Waals surface area contributed by atoms with Crippen LogP contribution in [0.25, 0.3) is 0 Å². The molecule has 0 fully saturated rings. The number of methoxy groups -OCH3 is 1. The molecule has 0 radical (unpaired) electrons. The van der Waals surface area contributed by atoms with Gasteiger partial charge in [0.2, 0.25) is 5.91 Å². The van der Waals surface area contributed by atoms with Crippen molar-refractivity contribution in [3.8, 4) is 5.75 Å². The second-order valence-corrected chi connectivity index (χ2v) is 4.31. The lowest BCUT2D eigenvalue weighted by Crippen LogP contribution is -2.21. The van der Waals surface area contributed by atoms with E-state index in [2.05, 4.69) is 15.9 Å². The van der Waals surface area contributed by atoms with Crippen molar-refractivity contribution in [1.82, 2.24) is 0 Å². The largest absolute Gasteiger partial charge is 0.496 e. The zero-order chi connectivity index (χ0) is 13.0. The molecule has 0 bridgehead atoms. The van der Waals surface area contributed by atoms with Crippen LogP contribution in [0.3, 0.4) is 0 Å². The lowest BCUT2D eigenvalue weighted by Gasteiger charge is -2.12. The lowest BCUT2D eigenvalue weighted by atomic mass is 9.95. The minimum absolute atomic E-state index is 0.228. The monoisotopic (exact) mass is 301 g/mol. The number of ether oxygens (including phenoxy) is 1. The van der Waals surface area contributed by atoms with Gasteiger partial charge < -0.3 is 15.6 Å². The Morgan fingerprint density at radius 3 is 2.59 bits per heavy atom. The van der Waals surface area contributed by atoms with Gasteiger partial charge in [0.15, 0.2) is 0 Å². The summed E-state index contributed by atoms with van der Waals surface area (Å²) in [6.45, 7) is 0. The third kappa shape index (κ3) is 3.45. The average Bonchev–Trinajstić information content (AvgIpc) is 2.25. The van der Waals surface area contributed by atoms with E-state index >= 15 is 0 Å². The summed E-state index contributed by atoms with van der Waals surface area (Å²) >= 11 is 3.26. The van der Waals surface area contributed by atoms with Crippen molar-refractivity contribution in [3.05, 3.63) is 28.2 Å². The van der Waals surface area contributed by atoms with Crippen LogP contribution in [0.2, 0.25) is 0 Å². The number of hydrogen-bond acceptors (Lipinski definition) is 3. The molecule has 1 unspecified atom stereocenters. The first kappa shape index (κ1) is 13.5. The number of amides is 1. The maximum Gasteiger partial charge on any atom is 0.311 e. The van der Waals surface area contributed by atoms with Crippen molar-refractivity contribution in [1.29, 1.82) is 0 Å². The first-order valence-corrected chi connectivity index (χ1v) is 5.59. The Morgan fingerprint density at radius 2 is 2.18 bits per heavy atom. The van der Waals surface area contributed by atoms with E-state index in [1.807, 2.05) is 0 Å². The number of nitrogens with two attached hydrogens (primary N) is 1. The fraction of sp³-hybridized carbons (Fsp3) is 0.273. The fourth-order valence-electron chi connectivity index (χ4n) is 1.45. The SMILES string of the molecule is COc1ccc(C(CC(N)=O)C(=O)O)cc1Br. The third-order valence-corrected chi connectivity index (χ3v) is 2.90. The van der Waals surface area contributed by atoms with E-state index in [1.165, 1.54) is 7.11 Å². The highest BCUT2D eigenvalue weighted by atomic mass is 79.9. The summed E-state index contributed by atoms with van der Waals surface area (Å²) in [6, 6.07) is 4.85. The summed E-state index contributed by atoms with van der Waals surface area (Å²) in [5.41, 5.74) is 5.53. The van der Waals surface area contributed by atoms with Crippen LogP contribution < -0.4 is 10.5 Å². The van der Waals surface area contributed by atoms with Gasteiger partial charge in [-0.1, -0.05) is 6.07 Å². The van der Waals surface area contributed by atoms with E-state index in [4.69, 9.17) is 15.6 Å². The van der Waals surface area contributed by atoms with Crippen LogP contribution in [0.15, 0.2) is 22.7 Å². The molecule has 0 spiro atoms. The fourth-order valence-corrected chi connectivity index (χ4v) is 2.01. The van der Waals surface area contributed by atoms with Gasteiger partial charge in [0.1, 0.15) is 5.75 Å². The summed E-state index contributed by atoms with van der Waals surface area (Å²) in [4.78, 5) is 21.9. The third-order valence-electron chi connectivity index (χ3n) is 2.28. The first-order chi connectivity index (χ1) is 7.95. The zero-order valence-electron chi connectivity index (χ0n) is 9.14. The number of carboxylic acids is 1. The molecule has 0 aliphatic rings. The maximum absolute atomic E-state index is 11.0. The van der Waals surface area contributed by atoms with Crippen molar-refractivity contribution >= 4 is 27.8 Å². The molecule has 0 saturated carbocycles. The summed E-state index contributed by atoms with van der Waals surface area (Å²) in [6.07, 6.45) is -0.228. The molecule has 0 saturated heterocycles. The molecule has 0 aliphatic carbocycles. The topological polar surface area (TPSA) is 89.6 Å². The van der Waals surface area contributed by atoms with Gasteiger partial charge >= 0.3 is 5.97 Å². The van der Waals surface area contributed by atoms with Crippen LogP contribution in [-0.2, 0) is 9.59 Å². The number of carboxylic acid groups (broad SMARTS) is 1. The summed E-state index contributed by atoms with van der Waals surface area (Å²) in [5, 5.41) is 9.04. The minimum atomic E-state index is -1.08. The normalized spacial score (nSPS) is 11.9. The standard InChI is InChI=1S/C11H12BrNO4/c1-17-9-3-2-6(4-8(9)12)7(11(15)16)5-10(13)14/h2-4,7H,5H2,1H3,(H2,13,14)(H,15,16). The highest BCUT2D eigenvalue weighted by Gasteiger charge is 2.22. The molecule has 0 aliphatic heterocycles. The molecule has 6 heteroatoms. The predicted octanol–water partition coefficient (Wildman–Crippen LogP) is 1.50. The van der Waals surface area contributed by atoms with E-state index in [0.29, 0.717) is 15.8 Å². The van der Waals surface area contributed by atoms with Crippen LogP contribution in [0, 0.1) is 0 Å². The Hall–Kier alpha value is -1.56. The number of halogens is 1. The average molecular weight is 302 g/mol. The Kier molecular flexibility index (Phi) is 4.51. The van der Waals surface area contributed by atoms with Gasteiger partial charge in [-0.2, -0.15) is 0 Å². The maximum atomic E-state index is 11.0. The van der Waals surface area contributed by atoms with E-state index in [0.717, 1.165) is 0 Å². The molecule has 1 rings (SSSR count). The van der Waals surface area contributed by atoms with E-state index in [9.17, 15) is 9.59 Å². The van der Waals surface area contributed by atoms with Crippen LogP contribution >= 0.6 is 15.9 Å². The summed E-state index contributed by atoms with van der Waals surface area (Å²) in [5.74, 6) is -2.07. The molecular weight excluding hydrogens is 290 g/mol. The van der Waals surface area contributed by atoms with Crippen molar-refractivity contribution in [3.63, 3.8) is 0 Å². The number of primary amides is 1. The number of rotatable bonds is 5. The second-order valence-electron chi connectivity index (χ2n) is 3.46. The van der Waals surface area contributed by atoms with Crippen molar-refractivity contribution in [2.45, 2.75) is 12.3 Å². The van der Waals surface area contributed by atoms with Crippen molar-refractivity contribution in [2.75, 3.05) is 7.11 Å². The number of aliphatic carboxylic acids is 1. The first-order valence-electron chi connectivity index (χ1n) is 4.80. The Balaban J connectivity index is 3.06. The summed E-state index contributed by atoms with van der Waals surface area (Å²) < 4.78 is 5.67. The molecular formula is C11H12BrNO4. The number of carbonyl (C=O) groups is 2. The number of carbonyl (C=O) groups excluding carboxylic acids is 1. The van der Waals surface area contributed by atoms with Gasteiger partial charge in [-0.3, -0.25) is 9.59 Å². The molecule has 17 heavy (non-hydrogen) atoms. The van der Waals surface area contributed by atoms with Crippen LogP contribution in [0.4, 0.5) is 0 Å². The highest BCUT2D eigenvalue weighted by Crippen LogP contribution is 2.30. The Labute approximate surface area is 107 Å². The molecule has 1 aromatic rings. The molecule has 0 aromatic heterocycles. The molecule has 0 heterocycles. The van der Waals surface area contributed by atoms with E-state index in [-0.39, 0.29) is 6.42 Å². The smallest absolute Gasteiger partial charge is 0.311 e. The van der Waals surface area contributed by atoms with Crippen molar-refractivity contribution in [2.24, 2.45) is 5.73 Å². The van der Waals surface area contributed by atoms with Gasteiger partial charge in [-0.15, -0.1) is 0 Å². The minimum Gasteiger partial charge on any atom is -0.496 e. The number of benzene rings is 1. The van der Waals surface area contributed by atoms with Gasteiger partial charge in [-0.05, 0) is 33.6 Å². The second kappa shape index (κ2) is 5.67. The molecule has 3 N–H and O–H groups in total. The lowest BCUT2D eigenvalue weighted by molar-refractivity contribution is -0.140. The molecule has 1 atom stereocenters. The van der Waals surface area contributed by atoms with Crippen LogP contribution in [0.1, 0.15) is 17.9 Å². The predicted molar refractivity (Wildman–Crippen MR) is 64.9 cm³/mol. The van der Waals surface area contributed by atoms with Crippen molar-refractivity contribution < 1.29 is 19.4 Å². The van der Waals surface area contributed by atoms with Crippen LogP contribution in [0.5, 0.6) is 5.75 Å². The van der Waals surface area contributed by atoms with Gasteiger partial charge in [0.05, 0.1) is 17.5 Å². The zero-order valence-corrected chi connectivity index (χ0v) is 10.7. The van der Waals surface area contributed by atoms with Crippen LogP contribution in [-0.4, -0.2) is 24.1 Å². The molecule has 5 nitrogen and oxygen atoms in total. The van der Waals surface area contributed by atoms with Gasteiger partial charge in [-0.25, -0.2) is 0 Å². The van der Waals surface area contributed by atoms with E-state index in [1.54, 1.807) is 18.2 Å². The molecule has 92 valence electrons. The number of hydrogen-bond donors (Lipinski definition) is 2. The highest BCUT2D eigenvalue weighted by molar-refractivity contribution is 9.10. The van der Waals surface area contributed by atoms with Gasteiger partial charge in [0, 0.05) is 6.42 Å².